The van der Waals surface area contributed by atoms with E-state index < -0.39 is 0 Å². The molecule has 6 nitrogen and oxygen atoms in total. The number of halogens is 1. The smallest absolute Gasteiger partial charge is 0.229 e. The van der Waals surface area contributed by atoms with Crippen molar-refractivity contribution < 1.29 is 4.39 Å². The van der Waals surface area contributed by atoms with E-state index in [1.165, 1.54) is 17.7 Å². The second-order valence-corrected chi connectivity index (χ2v) is 7.87. The molecule has 0 amide bonds. The minimum Gasteiger partial charge on any atom is -0.377 e. The van der Waals surface area contributed by atoms with Crippen molar-refractivity contribution in [3.8, 4) is 5.82 Å². The van der Waals surface area contributed by atoms with Crippen LogP contribution in [0, 0.1) is 19.7 Å². The van der Waals surface area contributed by atoms with Crippen molar-refractivity contribution in [3.05, 3.63) is 102 Å². The molecule has 0 saturated carbocycles. The highest BCUT2D eigenvalue weighted by Crippen LogP contribution is 2.23. The van der Waals surface area contributed by atoms with Crippen LogP contribution < -0.4 is 10.6 Å². The van der Waals surface area contributed by atoms with Crippen LogP contribution in [-0.2, 0) is 0 Å². The van der Waals surface area contributed by atoms with Crippen molar-refractivity contribution in [2.24, 2.45) is 0 Å². The topological polar surface area (TPSA) is 67.7 Å². The van der Waals surface area contributed by atoms with Crippen LogP contribution in [0.4, 0.5) is 16.0 Å². The van der Waals surface area contributed by atoms with E-state index in [2.05, 4.69) is 46.2 Å². The number of aryl methyl sites for hydroxylation is 2. The number of nitrogens with one attached hydrogen (secondary N) is 2. The minimum absolute atomic E-state index is 0.149. The first kappa shape index (κ1) is 22.2. The molecule has 0 spiro atoms. The molecule has 7 heteroatoms. The normalized spacial score (nSPS) is 11.8. The maximum atomic E-state index is 13.2. The number of rotatable bonds is 8. The highest BCUT2D eigenvalue weighted by Gasteiger charge is 2.16. The van der Waals surface area contributed by atoms with Crippen molar-refractivity contribution >= 4 is 17.3 Å². The van der Waals surface area contributed by atoms with Crippen molar-refractivity contribution in [1.29, 1.82) is 0 Å². The monoisotopic (exact) mass is 442 g/mol. The van der Waals surface area contributed by atoms with Crippen LogP contribution in [0.15, 0.2) is 73.6 Å². The van der Waals surface area contributed by atoms with Crippen LogP contribution in [-0.4, -0.2) is 19.5 Å². The molecule has 0 aliphatic heterocycles. The van der Waals surface area contributed by atoms with Gasteiger partial charge >= 0.3 is 0 Å². The van der Waals surface area contributed by atoms with Crippen molar-refractivity contribution in [2.75, 3.05) is 5.32 Å². The molecule has 2 aromatic heterocycles. The quantitative estimate of drug-likeness (QED) is 0.357. The molecule has 4 rings (SSSR count). The summed E-state index contributed by atoms with van der Waals surface area (Å²) in [6.07, 6.45) is 4.61. The molecule has 168 valence electrons. The van der Waals surface area contributed by atoms with Gasteiger partial charge < -0.3 is 10.6 Å². The summed E-state index contributed by atoms with van der Waals surface area (Å²) in [7, 11) is 0. The lowest BCUT2D eigenvalue weighted by atomic mass is 10.0. The summed E-state index contributed by atoms with van der Waals surface area (Å²) in [5.74, 6) is 1.63. The number of nitrogens with zero attached hydrogens (tertiary/aromatic N) is 4. The first-order valence-electron chi connectivity index (χ1n) is 10.9. The summed E-state index contributed by atoms with van der Waals surface area (Å²) in [5, 5.41) is 6.63. The Bertz CT molecular complexity index is 1250. The average molecular weight is 443 g/mol. The highest BCUT2D eigenvalue weighted by atomic mass is 19.1. The van der Waals surface area contributed by atoms with Gasteiger partial charge in [-0.3, -0.25) is 4.57 Å². The molecule has 0 aliphatic rings. The lowest BCUT2D eigenvalue weighted by molar-refractivity contribution is 0.613. The van der Waals surface area contributed by atoms with Gasteiger partial charge in [0.1, 0.15) is 23.2 Å². The molecule has 1 unspecified atom stereocenters. The zero-order valence-corrected chi connectivity index (χ0v) is 19.0. The van der Waals surface area contributed by atoms with E-state index in [0.717, 1.165) is 29.2 Å². The third-order valence-electron chi connectivity index (χ3n) is 5.42. The van der Waals surface area contributed by atoms with E-state index in [-0.39, 0.29) is 11.9 Å². The Balaban J connectivity index is 1.57. The van der Waals surface area contributed by atoms with Gasteiger partial charge in [0.15, 0.2) is 0 Å². The van der Waals surface area contributed by atoms with Crippen LogP contribution >= 0.6 is 0 Å². The van der Waals surface area contributed by atoms with Gasteiger partial charge in [-0.15, -0.1) is 0 Å². The molecule has 0 fully saturated rings. The molecule has 0 bridgehead atoms. The maximum absolute atomic E-state index is 13.2. The Labute approximate surface area is 193 Å². The molecule has 2 heterocycles. The number of hydrogen-bond donors (Lipinski definition) is 2. The predicted octanol–water partition coefficient (Wildman–Crippen LogP) is 5.87. The van der Waals surface area contributed by atoms with Crippen LogP contribution in [0.25, 0.3) is 11.5 Å². The summed E-state index contributed by atoms with van der Waals surface area (Å²) in [5.41, 5.74) is 4.33. The van der Waals surface area contributed by atoms with Crippen LogP contribution in [0.2, 0.25) is 0 Å². The lowest BCUT2D eigenvalue weighted by Gasteiger charge is -2.19. The van der Waals surface area contributed by atoms with Gasteiger partial charge in [-0.1, -0.05) is 43.8 Å². The number of hydrogen-bond acceptors (Lipinski definition) is 5. The van der Waals surface area contributed by atoms with Crippen LogP contribution in [0.1, 0.15) is 42.0 Å². The first-order chi connectivity index (χ1) is 15.9. The maximum Gasteiger partial charge on any atom is 0.229 e. The summed E-state index contributed by atoms with van der Waals surface area (Å²) in [6, 6.07) is 16.5. The fourth-order valence-electron chi connectivity index (χ4n) is 3.62. The molecular formula is C26H27FN6. The largest absolute Gasteiger partial charge is 0.377 e. The van der Waals surface area contributed by atoms with Gasteiger partial charge in [-0.05, 0) is 50.1 Å². The standard InChI is InChI=1S/C26H27FN6/c1-5-23(20-9-7-6-8-10-20)29-18(3)24-16-33(19(4)30-24)25-17(2)15-28-26(32-25)31-22-13-11-21(27)12-14-22/h6-16,23,29H,3,5H2,1-2,4H3,(H,28,31,32). The van der Waals surface area contributed by atoms with E-state index in [1.54, 1.807) is 18.3 Å². The molecule has 2 N–H and O–H groups in total. The third kappa shape index (κ3) is 5.09. The van der Waals surface area contributed by atoms with E-state index in [4.69, 9.17) is 4.98 Å². The molecular weight excluding hydrogens is 415 g/mol. The van der Waals surface area contributed by atoms with E-state index in [0.29, 0.717) is 17.5 Å². The molecule has 0 aliphatic carbocycles. The summed E-state index contributed by atoms with van der Waals surface area (Å²) < 4.78 is 15.1. The summed E-state index contributed by atoms with van der Waals surface area (Å²) >= 11 is 0. The Morgan fingerprint density at radius 3 is 2.48 bits per heavy atom. The Morgan fingerprint density at radius 1 is 1.06 bits per heavy atom. The van der Waals surface area contributed by atoms with Crippen molar-refractivity contribution in [2.45, 2.75) is 33.2 Å². The van der Waals surface area contributed by atoms with E-state index in [9.17, 15) is 4.39 Å². The molecule has 4 aromatic rings. The molecule has 1 atom stereocenters. The first-order valence-corrected chi connectivity index (χ1v) is 10.9. The van der Waals surface area contributed by atoms with Gasteiger partial charge in [-0.25, -0.2) is 14.4 Å². The number of aromatic nitrogens is 4. The number of imidazole rings is 1. The average Bonchev–Trinajstić information content (AvgIpc) is 3.22. The third-order valence-corrected chi connectivity index (χ3v) is 5.42. The molecule has 33 heavy (non-hydrogen) atoms. The lowest BCUT2D eigenvalue weighted by Crippen LogP contribution is -2.19. The second-order valence-electron chi connectivity index (χ2n) is 7.87. The zero-order valence-electron chi connectivity index (χ0n) is 19.0. The van der Waals surface area contributed by atoms with Gasteiger partial charge in [0.2, 0.25) is 5.95 Å². The highest BCUT2D eigenvalue weighted by molar-refractivity contribution is 5.60. The Hall–Kier alpha value is -4.00. The second kappa shape index (κ2) is 9.65. The van der Waals surface area contributed by atoms with Crippen LogP contribution in [0.3, 0.4) is 0 Å². The summed E-state index contributed by atoms with van der Waals surface area (Å²) in [6.45, 7) is 10.2. The van der Waals surface area contributed by atoms with Gasteiger partial charge in [-0.2, -0.15) is 4.98 Å². The minimum atomic E-state index is -0.293. The van der Waals surface area contributed by atoms with E-state index >= 15 is 0 Å². The Morgan fingerprint density at radius 2 is 1.79 bits per heavy atom. The van der Waals surface area contributed by atoms with Gasteiger partial charge in [0, 0.05) is 23.6 Å². The SMILES string of the molecule is C=C(NC(CC)c1ccccc1)c1cn(-c2nc(Nc3ccc(F)cc3)ncc2C)c(C)n1. The summed E-state index contributed by atoms with van der Waals surface area (Å²) in [4.78, 5) is 13.7. The number of anilines is 2. The van der Waals surface area contributed by atoms with Gasteiger partial charge in [0.05, 0.1) is 11.7 Å². The zero-order chi connectivity index (χ0) is 23.4. The molecule has 2 aromatic carbocycles. The Kier molecular flexibility index (Phi) is 6.49. The van der Waals surface area contributed by atoms with E-state index in [1.807, 2.05) is 42.8 Å². The predicted molar refractivity (Wildman–Crippen MR) is 130 cm³/mol. The molecule has 0 saturated heterocycles. The fourth-order valence-corrected chi connectivity index (χ4v) is 3.62. The fraction of sp³-hybridized carbons (Fsp3) is 0.192. The van der Waals surface area contributed by atoms with Crippen LogP contribution in [0.5, 0.6) is 0 Å². The van der Waals surface area contributed by atoms with Gasteiger partial charge in [0.25, 0.3) is 0 Å². The van der Waals surface area contributed by atoms with Crippen molar-refractivity contribution in [3.63, 3.8) is 0 Å². The molecule has 0 radical (unpaired) electrons. The number of benzene rings is 2. The van der Waals surface area contributed by atoms with Crippen molar-refractivity contribution in [1.82, 2.24) is 24.8 Å².